The fourth-order valence-corrected chi connectivity index (χ4v) is 1.43. The Balaban J connectivity index is 2.60. The van der Waals surface area contributed by atoms with Crippen molar-refractivity contribution in [1.82, 2.24) is 0 Å². The second kappa shape index (κ2) is 2.28. The van der Waals surface area contributed by atoms with Gasteiger partial charge in [0, 0.05) is 22.8 Å². The largest absolute Gasteiger partial charge is 0.380 e. The van der Waals surface area contributed by atoms with Gasteiger partial charge in [0.2, 0.25) is 0 Å². The summed E-state index contributed by atoms with van der Waals surface area (Å²) in [5.41, 5.74) is 3.40. The molecule has 11 heavy (non-hydrogen) atoms. The third-order valence-corrected chi connectivity index (χ3v) is 2.09. The Labute approximate surface area is 70.7 Å². The molecule has 0 radical (unpaired) electrons. The van der Waals surface area contributed by atoms with Crippen molar-refractivity contribution >= 4 is 22.9 Å². The molecule has 0 amide bonds. The summed E-state index contributed by atoms with van der Waals surface area (Å²) in [6, 6.07) is 5.81. The summed E-state index contributed by atoms with van der Waals surface area (Å²) in [5.74, 6) is 0. The first-order valence-electron chi connectivity index (χ1n) is 3.49. The number of halogens is 1. The van der Waals surface area contributed by atoms with Crippen molar-refractivity contribution in [1.29, 1.82) is 0 Å². The van der Waals surface area contributed by atoms with Gasteiger partial charge >= 0.3 is 0 Å². The van der Waals surface area contributed by atoms with Crippen molar-refractivity contribution in [3.63, 3.8) is 0 Å². The third kappa shape index (κ3) is 1.02. The van der Waals surface area contributed by atoms with Crippen LogP contribution in [0.2, 0.25) is 5.02 Å². The number of nitrogens with one attached hydrogen (secondary N) is 1. The second-order valence-electron chi connectivity index (χ2n) is 2.65. The summed E-state index contributed by atoms with van der Waals surface area (Å²) in [6.07, 6.45) is 0. The highest BCUT2D eigenvalue weighted by molar-refractivity contribution is 6.31. The third-order valence-electron chi connectivity index (χ3n) is 1.85. The summed E-state index contributed by atoms with van der Waals surface area (Å²) in [4.78, 5) is 0. The lowest BCUT2D eigenvalue weighted by atomic mass is 10.1. The number of fused-ring (bicyclic) bond motifs is 1. The van der Waals surface area contributed by atoms with Crippen LogP contribution in [-0.4, -0.2) is 6.54 Å². The summed E-state index contributed by atoms with van der Waals surface area (Å²) in [7, 11) is 0. The van der Waals surface area contributed by atoms with Crippen LogP contribution in [0.25, 0.3) is 5.57 Å². The molecule has 1 nitrogen and oxygen atoms in total. The van der Waals surface area contributed by atoms with E-state index in [-0.39, 0.29) is 0 Å². The smallest absolute Gasteiger partial charge is 0.0420 e. The molecule has 0 spiro atoms. The van der Waals surface area contributed by atoms with E-state index in [9.17, 15) is 0 Å². The Morgan fingerprint density at radius 3 is 3.09 bits per heavy atom. The summed E-state index contributed by atoms with van der Waals surface area (Å²) in [5, 5.41) is 3.99. The molecule has 1 N–H and O–H groups in total. The molecule has 0 aromatic heterocycles. The molecule has 0 saturated carbocycles. The van der Waals surface area contributed by atoms with E-state index in [1.165, 1.54) is 0 Å². The Hall–Kier alpha value is -0.950. The van der Waals surface area contributed by atoms with Crippen molar-refractivity contribution in [3.8, 4) is 0 Å². The maximum absolute atomic E-state index is 5.82. The zero-order valence-corrected chi connectivity index (χ0v) is 6.78. The number of anilines is 1. The Bertz CT molecular complexity index is 317. The number of hydrogen-bond acceptors (Lipinski definition) is 1. The predicted molar refractivity (Wildman–Crippen MR) is 49.0 cm³/mol. The molecule has 0 atom stereocenters. The van der Waals surface area contributed by atoms with Gasteiger partial charge in [0.05, 0.1) is 0 Å². The van der Waals surface area contributed by atoms with Crippen molar-refractivity contribution in [2.45, 2.75) is 0 Å². The van der Waals surface area contributed by atoms with E-state index in [1.54, 1.807) is 0 Å². The maximum Gasteiger partial charge on any atom is 0.0420 e. The van der Waals surface area contributed by atoms with Crippen molar-refractivity contribution in [3.05, 3.63) is 35.4 Å². The van der Waals surface area contributed by atoms with Gasteiger partial charge in [0.15, 0.2) is 0 Å². The van der Waals surface area contributed by atoms with E-state index in [1.807, 2.05) is 18.2 Å². The minimum absolute atomic E-state index is 0.772. The zero-order chi connectivity index (χ0) is 7.84. The molecule has 0 fully saturated rings. The van der Waals surface area contributed by atoms with E-state index in [0.29, 0.717) is 0 Å². The quantitative estimate of drug-likeness (QED) is 0.624. The SMILES string of the molecule is C=C1CNc2ccc(Cl)cc21. The van der Waals surface area contributed by atoms with Gasteiger partial charge in [0.1, 0.15) is 0 Å². The molecular weight excluding hydrogens is 158 g/mol. The summed E-state index contributed by atoms with van der Waals surface area (Å²) >= 11 is 5.82. The van der Waals surface area contributed by atoms with Crippen LogP contribution < -0.4 is 5.32 Å². The first-order chi connectivity index (χ1) is 5.27. The lowest BCUT2D eigenvalue weighted by Gasteiger charge is -1.97. The van der Waals surface area contributed by atoms with Crippen molar-refractivity contribution in [2.24, 2.45) is 0 Å². The van der Waals surface area contributed by atoms with E-state index >= 15 is 0 Å². The van der Waals surface area contributed by atoms with Gasteiger partial charge in [0.25, 0.3) is 0 Å². The highest BCUT2D eigenvalue weighted by atomic mass is 35.5. The maximum atomic E-state index is 5.82. The molecule has 0 unspecified atom stereocenters. The molecule has 2 heteroatoms. The number of benzene rings is 1. The van der Waals surface area contributed by atoms with Crippen LogP contribution in [0, 0.1) is 0 Å². The van der Waals surface area contributed by atoms with Gasteiger partial charge in [-0.25, -0.2) is 0 Å². The summed E-state index contributed by atoms with van der Waals surface area (Å²) < 4.78 is 0. The Morgan fingerprint density at radius 1 is 1.45 bits per heavy atom. The van der Waals surface area contributed by atoms with Crippen LogP contribution >= 0.6 is 11.6 Å². The van der Waals surface area contributed by atoms with Gasteiger partial charge in [-0.3, -0.25) is 0 Å². The van der Waals surface area contributed by atoms with E-state index in [2.05, 4.69) is 11.9 Å². The molecule has 1 heterocycles. The Morgan fingerprint density at radius 2 is 2.27 bits per heavy atom. The van der Waals surface area contributed by atoms with Gasteiger partial charge < -0.3 is 5.32 Å². The Kier molecular flexibility index (Phi) is 1.40. The monoisotopic (exact) mass is 165 g/mol. The van der Waals surface area contributed by atoms with Crippen molar-refractivity contribution in [2.75, 3.05) is 11.9 Å². The van der Waals surface area contributed by atoms with Crippen LogP contribution in [0.5, 0.6) is 0 Å². The first kappa shape index (κ1) is 6.74. The molecule has 1 aromatic rings. The lowest BCUT2D eigenvalue weighted by Crippen LogP contribution is -1.89. The standard InChI is InChI=1S/C9H8ClN/c1-6-5-11-9-3-2-7(10)4-8(6)9/h2-4,11H,1,5H2. The predicted octanol–water partition coefficient (Wildman–Crippen LogP) is 2.78. The van der Waals surface area contributed by atoms with Gasteiger partial charge in [-0.15, -0.1) is 0 Å². The summed E-state index contributed by atoms with van der Waals surface area (Å²) in [6.45, 7) is 4.76. The molecule has 56 valence electrons. The van der Waals surface area contributed by atoms with Crippen LogP contribution in [0.1, 0.15) is 5.56 Å². The topological polar surface area (TPSA) is 12.0 Å². The fourth-order valence-electron chi connectivity index (χ4n) is 1.26. The van der Waals surface area contributed by atoms with Crippen LogP contribution in [0.4, 0.5) is 5.69 Å². The van der Waals surface area contributed by atoms with Crippen molar-refractivity contribution < 1.29 is 0 Å². The minimum atomic E-state index is 0.772. The van der Waals surface area contributed by atoms with E-state index in [0.717, 1.165) is 28.4 Å². The van der Waals surface area contributed by atoms with Gasteiger partial charge in [-0.05, 0) is 23.8 Å². The number of hydrogen-bond donors (Lipinski definition) is 1. The average Bonchev–Trinajstić information content (AvgIpc) is 2.33. The van der Waals surface area contributed by atoms with Gasteiger partial charge in [-0.1, -0.05) is 18.2 Å². The van der Waals surface area contributed by atoms with Crippen LogP contribution in [0.15, 0.2) is 24.8 Å². The average molecular weight is 166 g/mol. The minimum Gasteiger partial charge on any atom is -0.380 e. The molecule has 0 saturated heterocycles. The highest BCUT2D eigenvalue weighted by Crippen LogP contribution is 2.31. The van der Waals surface area contributed by atoms with Crippen LogP contribution in [-0.2, 0) is 0 Å². The second-order valence-corrected chi connectivity index (χ2v) is 3.08. The molecule has 1 aliphatic heterocycles. The molecular formula is C9H8ClN. The first-order valence-corrected chi connectivity index (χ1v) is 3.87. The normalized spacial score (nSPS) is 14.5. The molecule has 0 aliphatic carbocycles. The zero-order valence-electron chi connectivity index (χ0n) is 6.02. The van der Waals surface area contributed by atoms with Crippen LogP contribution in [0.3, 0.4) is 0 Å². The van der Waals surface area contributed by atoms with E-state index in [4.69, 9.17) is 11.6 Å². The fraction of sp³-hybridized carbons (Fsp3) is 0.111. The van der Waals surface area contributed by atoms with Gasteiger partial charge in [-0.2, -0.15) is 0 Å². The molecule has 1 aromatic carbocycles. The molecule has 2 rings (SSSR count). The van der Waals surface area contributed by atoms with E-state index < -0.39 is 0 Å². The highest BCUT2D eigenvalue weighted by Gasteiger charge is 2.12. The number of rotatable bonds is 0. The molecule has 0 bridgehead atoms. The molecule has 1 aliphatic rings. The lowest BCUT2D eigenvalue weighted by molar-refractivity contribution is 1.45.